The van der Waals surface area contributed by atoms with E-state index in [-0.39, 0.29) is 5.41 Å². The van der Waals surface area contributed by atoms with Crippen LogP contribution >= 0.6 is 0 Å². The van der Waals surface area contributed by atoms with Gasteiger partial charge in [-0.2, -0.15) is 4.98 Å². The first-order valence-corrected chi connectivity index (χ1v) is 10.3. The molecular weight excluding hydrogens is 374 g/mol. The van der Waals surface area contributed by atoms with Crippen molar-refractivity contribution < 1.29 is 4.52 Å². The molecule has 0 aliphatic rings. The molecule has 3 rings (SSSR count). The largest absolute Gasteiger partial charge is 0.356 e. The Morgan fingerprint density at radius 1 is 1.00 bits per heavy atom. The van der Waals surface area contributed by atoms with Crippen molar-refractivity contribution in [1.29, 1.82) is 0 Å². The summed E-state index contributed by atoms with van der Waals surface area (Å²) in [6.07, 6.45) is 0.953. The molecule has 0 spiro atoms. The van der Waals surface area contributed by atoms with Crippen molar-refractivity contribution in [3.63, 3.8) is 0 Å². The van der Waals surface area contributed by atoms with Gasteiger partial charge in [-0.15, -0.1) is 0 Å². The lowest BCUT2D eigenvalue weighted by Gasteiger charge is -2.20. The van der Waals surface area contributed by atoms with E-state index in [0.717, 1.165) is 13.0 Å². The number of rotatable bonds is 7. The van der Waals surface area contributed by atoms with Gasteiger partial charge in [-0.25, -0.2) is 0 Å². The summed E-state index contributed by atoms with van der Waals surface area (Å²) in [4.78, 5) is 8.80. The zero-order valence-electron chi connectivity index (χ0n) is 18.2. The predicted molar refractivity (Wildman–Crippen MR) is 121 cm³/mol. The van der Waals surface area contributed by atoms with Crippen molar-refractivity contribution in [2.45, 2.75) is 45.1 Å². The standard InChI is InChI=1S/C24H31N5O/c1-24(2,3)22-28-21(29-30-22)17-27-23(25-4)26-16-20(19-13-9-6-10-14-19)15-18-11-7-5-8-12-18/h5-14,20H,15-17H2,1-4H3,(H2,25,26,27). The van der Waals surface area contributed by atoms with Crippen LogP contribution in [0.25, 0.3) is 0 Å². The van der Waals surface area contributed by atoms with Crippen molar-refractivity contribution >= 4 is 5.96 Å². The molecule has 1 unspecified atom stereocenters. The Kier molecular flexibility index (Phi) is 7.22. The molecule has 3 aromatic rings. The highest BCUT2D eigenvalue weighted by atomic mass is 16.5. The number of aromatic nitrogens is 2. The summed E-state index contributed by atoms with van der Waals surface area (Å²) in [6.45, 7) is 7.37. The van der Waals surface area contributed by atoms with E-state index in [4.69, 9.17) is 4.52 Å². The van der Waals surface area contributed by atoms with Crippen LogP contribution in [0.1, 0.15) is 49.5 Å². The molecule has 0 radical (unpaired) electrons. The third kappa shape index (κ3) is 6.17. The van der Waals surface area contributed by atoms with Crippen molar-refractivity contribution in [2.75, 3.05) is 13.6 Å². The summed E-state index contributed by atoms with van der Waals surface area (Å²) in [5, 5.41) is 10.8. The van der Waals surface area contributed by atoms with E-state index in [2.05, 4.69) is 95.1 Å². The maximum absolute atomic E-state index is 5.36. The molecule has 6 heteroatoms. The van der Waals surface area contributed by atoms with Crippen LogP contribution in [0.4, 0.5) is 0 Å². The minimum absolute atomic E-state index is 0.161. The molecule has 158 valence electrons. The maximum atomic E-state index is 5.36. The fourth-order valence-corrected chi connectivity index (χ4v) is 3.17. The summed E-state index contributed by atoms with van der Waals surface area (Å²) in [5.74, 6) is 2.29. The molecule has 1 atom stereocenters. The van der Waals surface area contributed by atoms with E-state index < -0.39 is 0 Å². The Morgan fingerprint density at radius 3 is 2.27 bits per heavy atom. The van der Waals surface area contributed by atoms with Crippen molar-refractivity contribution in [1.82, 2.24) is 20.8 Å². The summed E-state index contributed by atoms with van der Waals surface area (Å²) in [6, 6.07) is 21.1. The van der Waals surface area contributed by atoms with Crippen LogP contribution in [0.3, 0.4) is 0 Å². The summed E-state index contributed by atoms with van der Waals surface area (Å²) < 4.78 is 5.36. The molecule has 0 aliphatic heterocycles. The molecule has 0 aliphatic carbocycles. The number of guanidine groups is 1. The van der Waals surface area contributed by atoms with Gasteiger partial charge in [0.2, 0.25) is 5.89 Å². The molecule has 0 bridgehead atoms. The molecule has 0 saturated heterocycles. The van der Waals surface area contributed by atoms with Crippen molar-refractivity contribution in [3.05, 3.63) is 83.5 Å². The van der Waals surface area contributed by atoms with Crippen molar-refractivity contribution in [3.8, 4) is 0 Å². The number of aliphatic imine (C=N–C) groups is 1. The first kappa shape index (κ1) is 21.6. The maximum Gasteiger partial charge on any atom is 0.232 e. The molecule has 2 N–H and O–H groups in total. The van der Waals surface area contributed by atoms with Crippen LogP contribution in [0.5, 0.6) is 0 Å². The van der Waals surface area contributed by atoms with E-state index in [1.807, 2.05) is 12.1 Å². The summed E-state index contributed by atoms with van der Waals surface area (Å²) in [7, 11) is 1.76. The Morgan fingerprint density at radius 2 is 1.67 bits per heavy atom. The van der Waals surface area contributed by atoms with Crippen LogP contribution in [-0.4, -0.2) is 29.7 Å². The van der Waals surface area contributed by atoms with Crippen molar-refractivity contribution in [2.24, 2.45) is 4.99 Å². The minimum atomic E-state index is -0.161. The second kappa shape index (κ2) is 10.1. The van der Waals surface area contributed by atoms with Gasteiger partial charge in [0.25, 0.3) is 0 Å². The molecule has 30 heavy (non-hydrogen) atoms. The van der Waals surface area contributed by atoms with Gasteiger partial charge in [0.05, 0.1) is 6.54 Å². The highest BCUT2D eigenvalue weighted by Gasteiger charge is 2.21. The SMILES string of the molecule is CN=C(NCc1noc(C(C)(C)C)n1)NCC(Cc1ccccc1)c1ccccc1. The average Bonchev–Trinajstić information content (AvgIpc) is 3.24. The number of nitrogens with one attached hydrogen (secondary N) is 2. The topological polar surface area (TPSA) is 75.3 Å². The second-order valence-corrected chi connectivity index (χ2v) is 8.37. The van der Waals surface area contributed by atoms with E-state index >= 15 is 0 Å². The molecule has 1 aromatic heterocycles. The van der Waals surface area contributed by atoms with E-state index in [1.54, 1.807) is 7.05 Å². The average molecular weight is 406 g/mol. The molecule has 0 saturated carbocycles. The van der Waals surface area contributed by atoms with Crippen LogP contribution in [-0.2, 0) is 18.4 Å². The summed E-state index contributed by atoms with van der Waals surface area (Å²) >= 11 is 0. The van der Waals surface area contributed by atoms with Crippen LogP contribution in [0, 0.1) is 0 Å². The Balaban J connectivity index is 1.61. The van der Waals surface area contributed by atoms with Crippen LogP contribution in [0.15, 0.2) is 70.2 Å². The fraction of sp³-hybridized carbons (Fsp3) is 0.375. The third-order valence-corrected chi connectivity index (χ3v) is 4.86. The van der Waals surface area contributed by atoms with Gasteiger partial charge in [0, 0.05) is 24.9 Å². The lowest BCUT2D eigenvalue weighted by atomic mass is 9.92. The second-order valence-electron chi connectivity index (χ2n) is 8.37. The molecule has 2 aromatic carbocycles. The molecule has 0 fully saturated rings. The van der Waals surface area contributed by atoms with E-state index in [0.29, 0.717) is 30.1 Å². The number of hydrogen-bond acceptors (Lipinski definition) is 4. The predicted octanol–water partition coefficient (Wildman–Crippen LogP) is 4.06. The molecule has 0 amide bonds. The van der Waals surface area contributed by atoms with E-state index in [9.17, 15) is 0 Å². The monoisotopic (exact) mass is 405 g/mol. The zero-order valence-corrected chi connectivity index (χ0v) is 18.2. The van der Waals surface area contributed by atoms with Crippen LogP contribution in [0.2, 0.25) is 0 Å². The van der Waals surface area contributed by atoms with E-state index in [1.165, 1.54) is 11.1 Å². The highest BCUT2D eigenvalue weighted by Crippen LogP contribution is 2.21. The molecular formula is C24H31N5O. The van der Waals surface area contributed by atoms with Gasteiger partial charge >= 0.3 is 0 Å². The zero-order chi connectivity index (χ0) is 21.4. The van der Waals surface area contributed by atoms with Gasteiger partial charge in [-0.1, -0.05) is 86.6 Å². The Labute approximate surface area is 178 Å². The first-order chi connectivity index (χ1) is 14.5. The number of benzene rings is 2. The van der Waals surface area contributed by atoms with Gasteiger partial charge < -0.3 is 15.2 Å². The van der Waals surface area contributed by atoms with Crippen LogP contribution < -0.4 is 10.6 Å². The lowest BCUT2D eigenvalue weighted by molar-refractivity contribution is 0.318. The number of nitrogens with zero attached hydrogens (tertiary/aromatic N) is 3. The Hall–Kier alpha value is -3.15. The summed E-state index contributed by atoms with van der Waals surface area (Å²) in [5.41, 5.74) is 2.46. The van der Waals surface area contributed by atoms with Gasteiger partial charge in [0.15, 0.2) is 11.8 Å². The fourth-order valence-electron chi connectivity index (χ4n) is 3.17. The van der Waals surface area contributed by atoms with Gasteiger partial charge in [-0.05, 0) is 17.5 Å². The number of hydrogen-bond donors (Lipinski definition) is 2. The molecule has 1 heterocycles. The lowest BCUT2D eigenvalue weighted by Crippen LogP contribution is -2.39. The smallest absolute Gasteiger partial charge is 0.232 e. The Bertz CT molecular complexity index is 929. The third-order valence-electron chi connectivity index (χ3n) is 4.86. The highest BCUT2D eigenvalue weighted by molar-refractivity contribution is 5.79. The quantitative estimate of drug-likeness (QED) is 0.458. The normalized spacial score (nSPS) is 13.1. The van der Waals surface area contributed by atoms with Gasteiger partial charge in [0.1, 0.15) is 0 Å². The minimum Gasteiger partial charge on any atom is -0.356 e. The van der Waals surface area contributed by atoms with Gasteiger partial charge in [-0.3, -0.25) is 4.99 Å². The first-order valence-electron chi connectivity index (χ1n) is 10.3. The molecule has 6 nitrogen and oxygen atoms in total.